The standard InChI is InChI=1S/C21H23ClN2O/c1-23-12-17-13-24(20(25)11-16-9-5-6-10-19(16)22)14-18(17)21(23)15-7-3-2-4-8-15/h2-10,17-18,21H,11-14H2,1H3/t17-,18+,21-/m0/s1. The molecule has 0 unspecified atom stereocenters. The van der Waals surface area contributed by atoms with Gasteiger partial charge in [0.15, 0.2) is 0 Å². The molecule has 0 bridgehead atoms. The van der Waals surface area contributed by atoms with Gasteiger partial charge < -0.3 is 4.90 Å². The number of carbonyl (C=O) groups is 1. The van der Waals surface area contributed by atoms with E-state index in [0.29, 0.717) is 29.3 Å². The summed E-state index contributed by atoms with van der Waals surface area (Å²) in [5, 5.41) is 0.678. The molecule has 130 valence electrons. The summed E-state index contributed by atoms with van der Waals surface area (Å²) in [6, 6.07) is 18.7. The maximum absolute atomic E-state index is 12.8. The van der Waals surface area contributed by atoms with E-state index in [4.69, 9.17) is 11.6 Å². The highest BCUT2D eigenvalue weighted by molar-refractivity contribution is 6.31. The van der Waals surface area contributed by atoms with E-state index < -0.39 is 0 Å². The zero-order valence-corrected chi connectivity index (χ0v) is 15.2. The first-order chi connectivity index (χ1) is 12.1. The minimum Gasteiger partial charge on any atom is -0.342 e. The average molecular weight is 355 g/mol. The van der Waals surface area contributed by atoms with E-state index in [1.165, 1.54) is 5.56 Å². The Balaban J connectivity index is 1.48. The number of hydrogen-bond acceptors (Lipinski definition) is 2. The number of rotatable bonds is 3. The molecule has 0 aliphatic carbocycles. The number of hydrogen-bond donors (Lipinski definition) is 0. The Morgan fingerprint density at radius 3 is 2.52 bits per heavy atom. The predicted octanol–water partition coefficient (Wildman–Crippen LogP) is 3.64. The Morgan fingerprint density at radius 2 is 1.76 bits per heavy atom. The van der Waals surface area contributed by atoms with Gasteiger partial charge in [-0.3, -0.25) is 9.69 Å². The summed E-state index contributed by atoms with van der Waals surface area (Å²) in [5.74, 6) is 1.27. The molecule has 2 aliphatic rings. The lowest BCUT2D eigenvalue weighted by atomic mass is 9.90. The van der Waals surface area contributed by atoms with Crippen molar-refractivity contribution in [2.75, 3.05) is 26.7 Å². The van der Waals surface area contributed by atoms with Crippen molar-refractivity contribution in [3.05, 3.63) is 70.7 Å². The van der Waals surface area contributed by atoms with Crippen LogP contribution in [-0.2, 0) is 11.2 Å². The molecule has 2 heterocycles. The van der Waals surface area contributed by atoms with Gasteiger partial charge in [-0.15, -0.1) is 0 Å². The van der Waals surface area contributed by atoms with Crippen LogP contribution < -0.4 is 0 Å². The molecule has 0 aromatic heterocycles. The summed E-state index contributed by atoms with van der Waals surface area (Å²) in [6.45, 7) is 2.76. The fraction of sp³-hybridized carbons (Fsp3) is 0.381. The number of benzene rings is 2. The van der Waals surface area contributed by atoms with Crippen molar-refractivity contribution in [2.24, 2.45) is 11.8 Å². The summed E-state index contributed by atoms with van der Waals surface area (Å²) < 4.78 is 0. The second-order valence-electron chi connectivity index (χ2n) is 7.29. The molecule has 2 aromatic carbocycles. The number of fused-ring (bicyclic) bond motifs is 1. The van der Waals surface area contributed by atoms with Crippen LogP contribution in [0.5, 0.6) is 0 Å². The minimum absolute atomic E-state index is 0.192. The molecular weight excluding hydrogens is 332 g/mol. The summed E-state index contributed by atoms with van der Waals surface area (Å²) in [7, 11) is 2.20. The van der Waals surface area contributed by atoms with Crippen LogP contribution in [-0.4, -0.2) is 42.4 Å². The molecule has 4 heteroatoms. The van der Waals surface area contributed by atoms with Crippen molar-refractivity contribution in [1.82, 2.24) is 9.80 Å². The van der Waals surface area contributed by atoms with Gasteiger partial charge in [0, 0.05) is 36.6 Å². The fourth-order valence-corrected chi connectivity index (χ4v) is 4.73. The smallest absolute Gasteiger partial charge is 0.227 e. The molecule has 2 saturated heterocycles. The van der Waals surface area contributed by atoms with Crippen LogP contribution in [0.4, 0.5) is 0 Å². The van der Waals surface area contributed by atoms with Crippen LogP contribution in [0.15, 0.2) is 54.6 Å². The van der Waals surface area contributed by atoms with Gasteiger partial charge >= 0.3 is 0 Å². The highest BCUT2D eigenvalue weighted by Gasteiger charge is 2.47. The lowest BCUT2D eigenvalue weighted by molar-refractivity contribution is -0.129. The quantitative estimate of drug-likeness (QED) is 0.840. The van der Waals surface area contributed by atoms with Crippen LogP contribution >= 0.6 is 11.6 Å². The number of carbonyl (C=O) groups excluding carboxylic acids is 1. The number of halogens is 1. The Labute approximate surface area is 154 Å². The first-order valence-corrected chi connectivity index (χ1v) is 9.27. The second kappa shape index (κ2) is 6.81. The third-order valence-corrected chi connectivity index (χ3v) is 6.06. The predicted molar refractivity (Wildman–Crippen MR) is 101 cm³/mol. The zero-order chi connectivity index (χ0) is 17.4. The maximum atomic E-state index is 12.8. The first-order valence-electron chi connectivity index (χ1n) is 8.90. The van der Waals surface area contributed by atoms with E-state index in [-0.39, 0.29) is 5.91 Å². The Hall–Kier alpha value is -1.84. The first kappa shape index (κ1) is 16.6. The lowest BCUT2D eigenvalue weighted by Gasteiger charge is -2.27. The fourth-order valence-electron chi connectivity index (χ4n) is 4.53. The highest BCUT2D eigenvalue weighted by Crippen LogP contribution is 2.44. The van der Waals surface area contributed by atoms with E-state index in [1.54, 1.807) is 0 Å². The van der Waals surface area contributed by atoms with E-state index in [9.17, 15) is 4.79 Å². The van der Waals surface area contributed by atoms with Crippen molar-refractivity contribution in [3.63, 3.8) is 0 Å². The van der Waals surface area contributed by atoms with Crippen molar-refractivity contribution in [3.8, 4) is 0 Å². The maximum Gasteiger partial charge on any atom is 0.227 e. The van der Waals surface area contributed by atoms with E-state index in [1.807, 2.05) is 29.2 Å². The molecular formula is C21H23ClN2O. The third kappa shape index (κ3) is 3.19. The normalized spacial score (nSPS) is 26.0. The van der Waals surface area contributed by atoms with Gasteiger partial charge in [-0.2, -0.15) is 0 Å². The molecule has 4 rings (SSSR count). The third-order valence-electron chi connectivity index (χ3n) is 5.69. The molecule has 3 nitrogen and oxygen atoms in total. The lowest BCUT2D eigenvalue weighted by Crippen LogP contribution is -2.34. The number of nitrogens with zero attached hydrogens (tertiary/aromatic N) is 2. The molecule has 2 fully saturated rings. The van der Waals surface area contributed by atoms with Gasteiger partial charge in [0.05, 0.1) is 6.42 Å². The van der Waals surface area contributed by atoms with Gasteiger partial charge in [0.2, 0.25) is 5.91 Å². The SMILES string of the molecule is CN1C[C@H]2CN(C(=O)Cc3ccccc3Cl)C[C@H]2[C@@H]1c1ccccc1. The molecule has 3 atom stereocenters. The molecule has 0 radical (unpaired) electrons. The van der Waals surface area contributed by atoms with Crippen molar-refractivity contribution in [1.29, 1.82) is 0 Å². The van der Waals surface area contributed by atoms with Crippen LogP contribution in [0.1, 0.15) is 17.2 Å². The summed E-state index contributed by atoms with van der Waals surface area (Å²) in [6.07, 6.45) is 0.394. The average Bonchev–Trinajstić information content (AvgIpc) is 3.14. The Kier molecular flexibility index (Phi) is 4.53. The van der Waals surface area contributed by atoms with Crippen LogP contribution in [0.2, 0.25) is 5.02 Å². The van der Waals surface area contributed by atoms with Gasteiger partial charge in [-0.1, -0.05) is 60.1 Å². The summed E-state index contributed by atoms with van der Waals surface area (Å²) in [4.78, 5) is 17.3. The van der Waals surface area contributed by atoms with Crippen LogP contribution in [0.3, 0.4) is 0 Å². The molecule has 1 amide bonds. The monoisotopic (exact) mass is 354 g/mol. The molecule has 2 aliphatic heterocycles. The Bertz CT molecular complexity index is 764. The molecule has 25 heavy (non-hydrogen) atoms. The molecule has 0 spiro atoms. The van der Waals surface area contributed by atoms with Crippen molar-refractivity contribution < 1.29 is 4.79 Å². The summed E-state index contributed by atoms with van der Waals surface area (Å²) in [5.41, 5.74) is 2.28. The molecule has 2 aromatic rings. The highest BCUT2D eigenvalue weighted by atomic mass is 35.5. The van der Waals surface area contributed by atoms with Crippen LogP contribution in [0.25, 0.3) is 0 Å². The zero-order valence-electron chi connectivity index (χ0n) is 14.4. The van der Waals surface area contributed by atoms with Gasteiger partial charge in [-0.25, -0.2) is 0 Å². The molecule has 0 saturated carbocycles. The van der Waals surface area contributed by atoms with Crippen LogP contribution in [0, 0.1) is 11.8 Å². The Morgan fingerprint density at radius 1 is 1.04 bits per heavy atom. The summed E-state index contributed by atoms with van der Waals surface area (Å²) >= 11 is 6.22. The van der Waals surface area contributed by atoms with Gasteiger partial charge in [-0.05, 0) is 30.2 Å². The minimum atomic E-state index is 0.192. The second-order valence-corrected chi connectivity index (χ2v) is 7.69. The largest absolute Gasteiger partial charge is 0.342 e. The number of likely N-dealkylation sites (tertiary alicyclic amines) is 2. The van der Waals surface area contributed by atoms with Gasteiger partial charge in [0.1, 0.15) is 0 Å². The van der Waals surface area contributed by atoms with Gasteiger partial charge in [0.25, 0.3) is 0 Å². The van der Waals surface area contributed by atoms with E-state index in [0.717, 1.165) is 25.2 Å². The topological polar surface area (TPSA) is 23.6 Å². The number of amides is 1. The molecule has 0 N–H and O–H groups in total. The van der Waals surface area contributed by atoms with E-state index >= 15 is 0 Å². The van der Waals surface area contributed by atoms with Crippen molar-refractivity contribution in [2.45, 2.75) is 12.5 Å². The van der Waals surface area contributed by atoms with E-state index in [2.05, 4.69) is 42.3 Å². The van der Waals surface area contributed by atoms with Crippen molar-refractivity contribution >= 4 is 17.5 Å².